The van der Waals surface area contributed by atoms with Gasteiger partial charge in [0.05, 0.1) is 31.3 Å². The number of thioether (sulfide) groups is 1. The van der Waals surface area contributed by atoms with Gasteiger partial charge in [-0.2, -0.15) is 4.68 Å². The van der Waals surface area contributed by atoms with Crippen LogP contribution in [-0.4, -0.2) is 64.8 Å². The average Bonchev–Trinajstić information content (AvgIpc) is 3.28. The first-order chi connectivity index (χ1) is 15.1. The summed E-state index contributed by atoms with van der Waals surface area (Å²) in [5.41, 5.74) is 2.67. The molecule has 0 radical (unpaired) electrons. The Morgan fingerprint density at radius 3 is 2.45 bits per heavy atom. The Labute approximate surface area is 184 Å². The molecule has 3 aromatic rings. The molecule has 162 valence electrons. The number of morpholine rings is 1. The van der Waals surface area contributed by atoms with Gasteiger partial charge in [-0.3, -0.25) is 4.79 Å². The van der Waals surface area contributed by atoms with Crippen molar-refractivity contribution >= 4 is 29.0 Å². The minimum atomic E-state index is -0.387. The minimum Gasteiger partial charge on any atom is -0.497 e. The van der Waals surface area contributed by atoms with Crippen LogP contribution < -0.4 is 15.0 Å². The van der Waals surface area contributed by atoms with E-state index in [0.717, 1.165) is 49.1 Å². The van der Waals surface area contributed by atoms with Crippen molar-refractivity contribution in [3.8, 4) is 11.4 Å². The van der Waals surface area contributed by atoms with Crippen LogP contribution in [0, 0.1) is 0 Å². The molecule has 1 fully saturated rings. The fourth-order valence-electron chi connectivity index (χ4n) is 3.17. The lowest BCUT2D eigenvalue weighted by atomic mass is 10.2. The molecule has 0 aliphatic carbocycles. The Bertz CT molecular complexity index is 1000. The van der Waals surface area contributed by atoms with Crippen LogP contribution in [0.2, 0.25) is 0 Å². The number of tetrazole rings is 1. The average molecular weight is 441 g/mol. The molecule has 10 heteroatoms. The summed E-state index contributed by atoms with van der Waals surface area (Å²) < 4.78 is 12.2. The third kappa shape index (κ3) is 5.15. The predicted molar refractivity (Wildman–Crippen MR) is 119 cm³/mol. The predicted octanol–water partition coefficient (Wildman–Crippen LogP) is 2.63. The number of carbonyl (C=O) groups is 1. The van der Waals surface area contributed by atoms with E-state index in [9.17, 15) is 4.79 Å². The fourth-order valence-corrected chi connectivity index (χ4v) is 3.98. The molecule has 1 N–H and O–H groups in total. The smallest absolute Gasteiger partial charge is 0.237 e. The van der Waals surface area contributed by atoms with Gasteiger partial charge in [0.1, 0.15) is 5.75 Å². The molecule has 2 heterocycles. The van der Waals surface area contributed by atoms with E-state index in [1.165, 1.54) is 11.8 Å². The van der Waals surface area contributed by atoms with Crippen molar-refractivity contribution in [2.24, 2.45) is 0 Å². The van der Waals surface area contributed by atoms with E-state index in [2.05, 4.69) is 25.7 Å². The highest BCUT2D eigenvalue weighted by molar-refractivity contribution is 8.00. The van der Waals surface area contributed by atoms with Gasteiger partial charge in [0.15, 0.2) is 0 Å². The number of rotatable bonds is 7. The van der Waals surface area contributed by atoms with E-state index in [-0.39, 0.29) is 11.2 Å². The number of aromatic nitrogens is 4. The minimum absolute atomic E-state index is 0.117. The van der Waals surface area contributed by atoms with Gasteiger partial charge >= 0.3 is 0 Å². The lowest BCUT2D eigenvalue weighted by Gasteiger charge is -2.28. The Hall–Kier alpha value is -3.11. The van der Waals surface area contributed by atoms with Crippen LogP contribution in [-0.2, 0) is 9.53 Å². The number of benzene rings is 2. The quantitative estimate of drug-likeness (QED) is 0.561. The van der Waals surface area contributed by atoms with Crippen LogP contribution in [0.15, 0.2) is 53.7 Å². The zero-order chi connectivity index (χ0) is 21.6. The van der Waals surface area contributed by atoms with Crippen molar-refractivity contribution in [3.63, 3.8) is 0 Å². The number of amides is 1. The van der Waals surface area contributed by atoms with Gasteiger partial charge in [-0.05, 0) is 65.9 Å². The monoisotopic (exact) mass is 440 g/mol. The van der Waals surface area contributed by atoms with Crippen LogP contribution in [0.1, 0.15) is 6.92 Å². The second kappa shape index (κ2) is 9.80. The van der Waals surface area contributed by atoms with Crippen molar-refractivity contribution in [1.82, 2.24) is 20.2 Å². The summed E-state index contributed by atoms with van der Waals surface area (Å²) in [5.74, 6) is 0.631. The SMILES string of the molecule is COc1ccc(-n2nnnc2SC(C)C(=O)Nc2ccc(N3CCOCC3)cc2)cc1. The second-order valence-electron chi connectivity index (χ2n) is 6.97. The molecule has 0 saturated carbocycles. The van der Waals surface area contributed by atoms with Crippen molar-refractivity contribution in [2.45, 2.75) is 17.3 Å². The molecule has 1 unspecified atom stereocenters. The number of methoxy groups -OCH3 is 1. The Balaban J connectivity index is 1.37. The van der Waals surface area contributed by atoms with E-state index in [1.807, 2.05) is 55.5 Å². The number of hydrogen-bond acceptors (Lipinski definition) is 8. The summed E-state index contributed by atoms with van der Waals surface area (Å²) in [6.45, 7) is 5.06. The van der Waals surface area contributed by atoms with Crippen LogP contribution >= 0.6 is 11.8 Å². The third-order valence-corrected chi connectivity index (χ3v) is 5.95. The number of nitrogens with one attached hydrogen (secondary N) is 1. The van der Waals surface area contributed by atoms with Crippen molar-refractivity contribution in [3.05, 3.63) is 48.5 Å². The standard InChI is InChI=1S/C21H24N6O3S/c1-15(31-21-23-24-25-27(21)18-7-9-19(29-2)10-8-18)20(28)22-16-3-5-17(6-4-16)26-11-13-30-14-12-26/h3-10,15H,11-14H2,1-2H3,(H,22,28). The summed E-state index contributed by atoms with van der Waals surface area (Å²) >= 11 is 1.30. The lowest BCUT2D eigenvalue weighted by molar-refractivity contribution is -0.115. The molecule has 0 spiro atoms. The second-order valence-corrected chi connectivity index (χ2v) is 8.27. The molecular formula is C21H24N6O3S. The Morgan fingerprint density at radius 2 is 1.77 bits per heavy atom. The van der Waals surface area contributed by atoms with Gasteiger partial charge in [0, 0.05) is 24.5 Å². The van der Waals surface area contributed by atoms with E-state index in [4.69, 9.17) is 9.47 Å². The molecule has 4 rings (SSSR count). The van der Waals surface area contributed by atoms with E-state index in [1.54, 1.807) is 11.8 Å². The number of ether oxygens (including phenoxy) is 2. The zero-order valence-corrected chi connectivity index (χ0v) is 18.2. The largest absolute Gasteiger partial charge is 0.497 e. The summed E-state index contributed by atoms with van der Waals surface area (Å²) in [7, 11) is 1.61. The maximum absolute atomic E-state index is 12.7. The summed E-state index contributed by atoms with van der Waals surface area (Å²) in [6, 6.07) is 15.3. The van der Waals surface area contributed by atoms with Crippen LogP contribution in [0.5, 0.6) is 5.75 Å². The first-order valence-electron chi connectivity index (χ1n) is 9.97. The molecule has 1 saturated heterocycles. The Kier molecular flexibility index (Phi) is 6.68. The molecule has 0 bridgehead atoms. The van der Waals surface area contributed by atoms with E-state index in [0.29, 0.717) is 5.16 Å². The van der Waals surface area contributed by atoms with E-state index >= 15 is 0 Å². The van der Waals surface area contributed by atoms with Gasteiger partial charge in [0.2, 0.25) is 11.1 Å². The third-order valence-electron chi connectivity index (χ3n) is 4.92. The highest BCUT2D eigenvalue weighted by Gasteiger charge is 2.20. The topological polar surface area (TPSA) is 94.4 Å². The first kappa shape index (κ1) is 21.1. The molecule has 31 heavy (non-hydrogen) atoms. The first-order valence-corrected chi connectivity index (χ1v) is 10.8. The van der Waals surface area contributed by atoms with Gasteiger partial charge in [-0.1, -0.05) is 11.8 Å². The van der Waals surface area contributed by atoms with Gasteiger partial charge in [0.25, 0.3) is 0 Å². The fraction of sp³-hybridized carbons (Fsp3) is 0.333. The molecule has 2 aromatic carbocycles. The number of hydrogen-bond donors (Lipinski definition) is 1. The summed E-state index contributed by atoms with van der Waals surface area (Å²) in [4.78, 5) is 15.0. The van der Waals surface area contributed by atoms with Gasteiger partial charge in [-0.15, -0.1) is 5.10 Å². The van der Waals surface area contributed by atoms with Gasteiger partial charge < -0.3 is 19.7 Å². The highest BCUT2D eigenvalue weighted by Crippen LogP contribution is 2.25. The van der Waals surface area contributed by atoms with Crippen LogP contribution in [0.4, 0.5) is 11.4 Å². The number of carbonyl (C=O) groups excluding carboxylic acids is 1. The maximum atomic E-state index is 12.7. The molecule has 1 aliphatic rings. The number of anilines is 2. The Morgan fingerprint density at radius 1 is 1.10 bits per heavy atom. The molecule has 9 nitrogen and oxygen atoms in total. The maximum Gasteiger partial charge on any atom is 0.237 e. The lowest BCUT2D eigenvalue weighted by Crippen LogP contribution is -2.36. The van der Waals surface area contributed by atoms with E-state index < -0.39 is 0 Å². The highest BCUT2D eigenvalue weighted by atomic mass is 32.2. The molecule has 1 aliphatic heterocycles. The summed E-state index contributed by atoms with van der Waals surface area (Å²) in [5, 5.41) is 15.0. The zero-order valence-electron chi connectivity index (χ0n) is 17.4. The van der Waals surface area contributed by atoms with Gasteiger partial charge in [-0.25, -0.2) is 0 Å². The molecule has 1 aromatic heterocycles. The van der Waals surface area contributed by atoms with Crippen LogP contribution in [0.3, 0.4) is 0 Å². The molecule has 1 atom stereocenters. The summed E-state index contributed by atoms with van der Waals surface area (Å²) in [6.07, 6.45) is 0. The van der Waals surface area contributed by atoms with Crippen molar-refractivity contribution < 1.29 is 14.3 Å². The van der Waals surface area contributed by atoms with Crippen molar-refractivity contribution in [1.29, 1.82) is 0 Å². The molecule has 1 amide bonds. The normalized spacial score (nSPS) is 14.8. The van der Waals surface area contributed by atoms with Crippen molar-refractivity contribution in [2.75, 3.05) is 43.6 Å². The number of nitrogens with zero attached hydrogens (tertiary/aromatic N) is 5. The molecular weight excluding hydrogens is 416 g/mol. The van der Waals surface area contributed by atoms with Crippen LogP contribution in [0.25, 0.3) is 5.69 Å².